The highest BCUT2D eigenvalue weighted by Crippen LogP contribution is 2.46. The van der Waals surface area contributed by atoms with E-state index in [2.05, 4.69) is 4.40 Å². The van der Waals surface area contributed by atoms with E-state index in [1.54, 1.807) is 12.2 Å². The van der Waals surface area contributed by atoms with Gasteiger partial charge >= 0.3 is 0 Å². The van der Waals surface area contributed by atoms with Gasteiger partial charge in [0.2, 0.25) is 0 Å². The first-order valence-corrected chi connectivity index (χ1v) is 6.49. The maximum absolute atomic E-state index is 5.99. The zero-order valence-corrected chi connectivity index (χ0v) is 9.95. The maximum Gasteiger partial charge on any atom is 0.107 e. The van der Waals surface area contributed by atoms with Crippen LogP contribution in [0.5, 0.6) is 0 Å². The van der Waals surface area contributed by atoms with Crippen LogP contribution in [0.25, 0.3) is 0 Å². The van der Waals surface area contributed by atoms with Crippen LogP contribution in [0, 0.1) is 0 Å². The summed E-state index contributed by atoms with van der Waals surface area (Å²) >= 11 is 17.8. The van der Waals surface area contributed by atoms with Gasteiger partial charge in [-0.3, -0.25) is 0 Å². The van der Waals surface area contributed by atoms with Crippen molar-refractivity contribution in [3.8, 4) is 0 Å². The molecule has 0 radical (unpaired) electrons. The molecule has 0 saturated heterocycles. The van der Waals surface area contributed by atoms with Gasteiger partial charge in [-0.1, -0.05) is 34.8 Å². The molecule has 13 heavy (non-hydrogen) atoms. The predicted octanol–water partition coefficient (Wildman–Crippen LogP) is 4.45. The van der Waals surface area contributed by atoms with Crippen molar-refractivity contribution in [1.29, 1.82) is 0 Å². The minimum absolute atomic E-state index is 0.519. The highest BCUT2D eigenvalue weighted by Gasteiger charge is 2.23. The molecule has 0 aromatic heterocycles. The number of hydrogen-bond acceptors (Lipinski definition) is 3. The van der Waals surface area contributed by atoms with Gasteiger partial charge in [-0.15, -0.1) is 0 Å². The van der Waals surface area contributed by atoms with Crippen LogP contribution < -0.4 is 0 Å². The first-order chi connectivity index (χ1) is 6.18. The summed E-state index contributed by atoms with van der Waals surface area (Å²) in [4.78, 5) is 0.878. The summed E-state index contributed by atoms with van der Waals surface area (Å²) < 4.78 is 4.15. The van der Waals surface area contributed by atoms with Gasteiger partial charge in [0.1, 0.15) is 5.71 Å². The Kier molecular flexibility index (Phi) is 3.01. The van der Waals surface area contributed by atoms with Crippen molar-refractivity contribution in [3.05, 3.63) is 32.2 Å². The molecule has 1 aliphatic carbocycles. The summed E-state index contributed by atoms with van der Waals surface area (Å²) in [6, 6.07) is 0. The number of halogens is 3. The van der Waals surface area contributed by atoms with Gasteiger partial charge in [0.25, 0.3) is 0 Å². The Labute approximate surface area is 98.4 Å². The minimum atomic E-state index is 0.519. The fourth-order valence-electron chi connectivity index (χ4n) is 0.897. The fourth-order valence-corrected chi connectivity index (χ4v) is 3.92. The van der Waals surface area contributed by atoms with Crippen LogP contribution in [0.3, 0.4) is 0 Å². The van der Waals surface area contributed by atoms with Crippen LogP contribution in [0.15, 0.2) is 36.6 Å². The average molecular weight is 271 g/mol. The van der Waals surface area contributed by atoms with E-state index in [0.29, 0.717) is 20.8 Å². The molecule has 0 amide bonds. The molecule has 0 aromatic carbocycles. The van der Waals surface area contributed by atoms with E-state index in [1.165, 1.54) is 21.8 Å². The highest BCUT2D eigenvalue weighted by atomic mass is 35.5. The first kappa shape index (κ1) is 9.99. The number of fused-ring (bicyclic) bond motifs is 1. The smallest absolute Gasteiger partial charge is 0.107 e. The lowest BCUT2D eigenvalue weighted by atomic mass is 10.3. The van der Waals surface area contributed by atoms with E-state index < -0.39 is 0 Å². The van der Waals surface area contributed by atoms with Gasteiger partial charge in [0.05, 0.1) is 15.0 Å². The average Bonchev–Trinajstić information content (AvgIpc) is 2.47. The SMILES string of the molecule is ClC1=CC(Cl)=C2SSN=C2C(Cl)=C1. The van der Waals surface area contributed by atoms with E-state index in [-0.39, 0.29) is 0 Å². The Morgan fingerprint density at radius 1 is 1.15 bits per heavy atom. The van der Waals surface area contributed by atoms with Gasteiger partial charge in [-0.05, 0) is 22.9 Å². The van der Waals surface area contributed by atoms with Crippen LogP contribution in [-0.4, -0.2) is 5.71 Å². The van der Waals surface area contributed by atoms with Gasteiger partial charge in [0.15, 0.2) is 0 Å². The van der Waals surface area contributed by atoms with Crippen molar-refractivity contribution in [1.82, 2.24) is 0 Å². The van der Waals surface area contributed by atoms with Crippen molar-refractivity contribution in [2.24, 2.45) is 4.40 Å². The third-order valence-corrected chi connectivity index (χ3v) is 4.21. The van der Waals surface area contributed by atoms with Crippen LogP contribution in [0.2, 0.25) is 0 Å². The fraction of sp³-hybridized carbons (Fsp3) is 0. The second-order valence-corrected chi connectivity index (χ2v) is 5.40. The van der Waals surface area contributed by atoms with Crippen LogP contribution in [0.4, 0.5) is 0 Å². The molecule has 1 heterocycles. The van der Waals surface area contributed by atoms with E-state index in [4.69, 9.17) is 34.8 Å². The Bertz CT molecular complexity index is 381. The van der Waals surface area contributed by atoms with E-state index in [0.717, 1.165) is 4.91 Å². The summed E-state index contributed by atoms with van der Waals surface area (Å²) in [5, 5.41) is 1.64. The zero-order chi connectivity index (χ0) is 9.42. The lowest BCUT2D eigenvalue weighted by Gasteiger charge is -1.97. The lowest BCUT2D eigenvalue weighted by molar-refractivity contribution is 1.84. The molecule has 2 aliphatic rings. The molecule has 0 spiro atoms. The molecule has 0 fully saturated rings. The van der Waals surface area contributed by atoms with Crippen molar-refractivity contribution in [2.45, 2.75) is 0 Å². The third kappa shape index (κ3) is 1.95. The molecule has 0 N–H and O–H groups in total. The summed E-state index contributed by atoms with van der Waals surface area (Å²) in [5.41, 5.74) is 0.716. The van der Waals surface area contributed by atoms with Crippen molar-refractivity contribution in [3.63, 3.8) is 0 Å². The molecular formula is C7H2Cl3NS2. The lowest BCUT2D eigenvalue weighted by Crippen LogP contribution is -1.95. The summed E-state index contributed by atoms with van der Waals surface area (Å²) in [5.74, 6) is 0. The Hall–Kier alpha value is 0.460. The number of allylic oxidation sites excluding steroid dienone is 6. The molecule has 0 atom stereocenters. The van der Waals surface area contributed by atoms with Crippen LogP contribution in [-0.2, 0) is 0 Å². The summed E-state index contributed by atoms with van der Waals surface area (Å²) in [7, 11) is 2.85. The Morgan fingerprint density at radius 2 is 1.92 bits per heavy atom. The minimum Gasteiger partial charge on any atom is -0.202 e. The second kappa shape index (κ2) is 3.91. The molecule has 1 aliphatic heterocycles. The van der Waals surface area contributed by atoms with Gasteiger partial charge < -0.3 is 0 Å². The van der Waals surface area contributed by atoms with Crippen molar-refractivity contribution < 1.29 is 0 Å². The van der Waals surface area contributed by atoms with Crippen molar-refractivity contribution >= 4 is 62.3 Å². The van der Waals surface area contributed by atoms with Gasteiger partial charge in [-0.25, -0.2) is 4.40 Å². The largest absolute Gasteiger partial charge is 0.202 e. The third-order valence-electron chi connectivity index (χ3n) is 1.44. The molecule has 2 rings (SSSR count). The van der Waals surface area contributed by atoms with E-state index in [9.17, 15) is 0 Å². The van der Waals surface area contributed by atoms with Crippen LogP contribution >= 0.6 is 56.6 Å². The second-order valence-electron chi connectivity index (χ2n) is 2.30. The number of hydrogen-bond donors (Lipinski definition) is 0. The van der Waals surface area contributed by atoms with Crippen molar-refractivity contribution in [2.75, 3.05) is 0 Å². The topological polar surface area (TPSA) is 12.4 Å². The molecule has 68 valence electrons. The standard InChI is InChI=1S/C7H2Cl3NS2/c8-3-1-4(9)6-7(5(10)2-3)12-13-11-6/h1-2H. The number of nitrogens with zero attached hydrogens (tertiary/aromatic N) is 1. The number of rotatable bonds is 0. The quantitative estimate of drug-likeness (QED) is 0.476. The predicted molar refractivity (Wildman–Crippen MR) is 63.4 cm³/mol. The Morgan fingerprint density at radius 3 is 2.69 bits per heavy atom. The monoisotopic (exact) mass is 269 g/mol. The molecule has 0 aromatic rings. The first-order valence-electron chi connectivity index (χ1n) is 3.25. The zero-order valence-electron chi connectivity index (χ0n) is 6.05. The molecule has 6 heteroatoms. The Balaban J connectivity index is 2.57. The highest BCUT2D eigenvalue weighted by molar-refractivity contribution is 8.78. The molecule has 0 unspecified atom stereocenters. The maximum atomic E-state index is 5.99. The van der Waals surface area contributed by atoms with Gasteiger partial charge in [-0.2, -0.15) is 0 Å². The van der Waals surface area contributed by atoms with Gasteiger partial charge in [0, 0.05) is 16.0 Å². The molecule has 0 bridgehead atoms. The molecule has 1 nitrogen and oxygen atoms in total. The summed E-state index contributed by atoms with van der Waals surface area (Å²) in [6.45, 7) is 0. The van der Waals surface area contributed by atoms with E-state index in [1.807, 2.05) is 0 Å². The molecular weight excluding hydrogens is 269 g/mol. The summed E-state index contributed by atoms with van der Waals surface area (Å²) in [6.07, 6.45) is 3.31. The molecule has 0 saturated carbocycles. The normalized spacial score (nSPS) is 21.9. The van der Waals surface area contributed by atoms with Crippen LogP contribution in [0.1, 0.15) is 0 Å². The van der Waals surface area contributed by atoms with E-state index >= 15 is 0 Å².